The van der Waals surface area contributed by atoms with Crippen LogP contribution < -0.4 is 10.2 Å². The Balaban J connectivity index is 3.06. The zero-order chi connectivity index (χ0) is 9.14. The summed E-state index contributed by atoms with van der Waals surface area (Å²) in [6.45, 7) is 0. The van der Waals surface area contributed by atoms with Crippen LogP contribution in [-0.4, -0.2) is 29.3 Å². The lowest BCUT2D eigenvalue weighted by Crippen LogP contribution is -2.30. The quantitative estimate of drug-likeness (QED) is 0.534. The van der Waals surface area contributed by atoms with Gasteiger partial charge in [0.1, 0.15) is 4.60 Å². The van der Waals surface area contributed by atoms with Gasteiger partial charge in [-0.2, -0.15) is 0 Å². The Kier molecular flexibility index (Phi) is 3.08. The SMILES string of the molecule is COc1cc(B(O)O)cc(Br)n1. The molecule has 0 radical (unpaired) electrons. The van der Waals surface area contributed by atoms with E-state index in [2.05, 4.69) is 20.9 Å². The summed E-state index contributed by atoms with van der Waals surface area (Å²) in [7, 11) is -0.0410. The van der Waals surface area contributed by atoms with E-state index in [9.17, 15) is 0 Å². The molecular weight excluding hydrogens is 225 g/mol. The Hall–Kier alpha value is -0.585. The predicted octanol–water partition coefficient (Wildman–Crippen LogP) is -0.468. The maximum atomic E-state index is 8.82. The fraction of sp³-hybridized carbons (Fsp3) is 0.167. The highest BCUT2D eigenvalue weighted by Gasteiger charge is 2.13. The molecule has 6 heteroatoms. The summed E-state index contributed by atoms with van der Waals surface area (Å²) in [4.78, 5) is 3.91. The molecule has 2 N–H and O–H groups in total. The Morgan fingerprint density at radius 3 is 2.67 bits per heavy atom. The van der Waals surface area contributed by atoms with Gasteiger partial charge in [0, 0.05) is 6.07 Å². The number of halogens is 1. The monoisotopic (exact) mass is 231 g/mol. The summed E-state index contributed by atoms with van der Waals surface area (Å²) in [6.07, 6.45) is 0. The van der Waals surface area contributed by atoms with Gasteiger partial charge in [0.25, 0.3) is 0 Å². The van der Waals surface area contributed by atoms with Crippen molar-refractivity contribution in [1.29, 1.82) is 0 Å². The summed E-state index contributed by atoms with van der Waals surface area (Å²) < 4.78 is 5.33. The highest BCUT2D eigenvalue weighted by atomic mass is 79.9. The van der Waals surface area contributed by atoms with Gasteiger partial charge in [-0.25, -0.2) is 4.98 Å². The van der Waals surface area contributed by atoms with Crippen LogP contribution in [0.1, 0.15) is 0 Å². The molecule has 1 rings (SSSR count). The number of nitrogens with zero attached hydrogens (tertiary/aromatic N) is 1. The second kappa shape index (κ2) is 3.89. The first kappa shape index (κ1) is 9.50. The first-order valence-corrected chi connectivity index (χ1v) is 4.00. The smallest absolute Gasteiger partial charge is 0.481 e. The molecule has 0 atom stereocenters. The highest BCUT2D eigenvalue weighted by Crippen LogP contribution is 2.10. The molecular formula is C6H7BBrNO3. The van der Waals surface area contributed by atoms with E-state index >= 15 is 0 Å². The van der Waals surface area contributed by atoms with Gasteiger partial charge in [-0.1, -0.05) is 0 Å². The van der Waals surface area contributed by atoms with Gasteiger partial charge in [0.05, 0.1) is 7.11 Å². The van der Waals surface area contributed by atoms with E-state index in [1.807, 2.05) is 0 Å². The van der Waals surface area contributed by atoms with Crippen LogP contribution in [0.25, 0.3) is 0 Å². The van der Waals surface area contributed by atoms with Gasteiger partial charge in [0.2, 0.25) is 5.88 Å². The molecule has 0 bridgehead atoms. The molecule has 0 aliphatic rings. The Morgan fingerprint density at radius 1 is 1.50 bits per heavy atom. The second-order valence-electron chi connectivity index (χ2n) is 2.14. The normalized spacial score (nSPS) is 9.67. The minimum absolute atomic E-state index is 0.340. The molecule has 0 aromatic carbocycles. The molecule has 0 fully saturated rings. The fourth-order valence-corrected chi connectivity index (χ4v) is 1.18. The lowest BCUT2D eigenvalue weighted by Gasteiger charge is -2.03. The van der Waals surface area contributed by atoms with Crippen LogP contribution in [0.3, 0.4) is 0 Å². The number of hydrogen-bond donors (Lipinski definition) is 2. The summed E-state index contributed by atoms with van der Waals surface area (Å²) in [5.74, 6) is 0.340. The Labute approximate surface area is 78.5 Å². The molecule has 0 aliphatic carbocycles. The lowest BCUT2D eigenvalue weighted by atomic mass is 9.81. The van der Waals surface area contributed by atoms with Gasteiger partial charge in [-0.15, -0.1) is 0 Å². The molecule has 1 heterocycles. The predicted molar refractivity (Wildman–Crippen MR) is 48.3 cm³/mol. The maximum absolute atomic E-state index is 8.82. The van der Waals surface area contributed by atoms with Crippen LogP contribution >= 0.6 is 15.9 Å². The van der Waals surface area contributed by atoms with Crippen molar-refractivity contribution in [3.63, 3.8) is 0 Å². The summed E-state index contributed by atoms with van der Waals surface area (Å²) in [5, 5.41) is 17.6. The van der Waals surface area contributed by atoms with Gasteiger partial charge in [0.15, 0.2) is 0 Å². The van der Waals surface area contributed by atoms with Crippen molar-refractivity contribution in [3.8, 4) is 5.88 Å². The number of ether oxygens (including phenoxy) is 1. The summed E-state index contributed by atoms with van der Waals surface area (Å²) >= 11 is 3.11. The first-order valence-electron chi connectivity index (χ1n) is 3.21. The van der Waals surface area contributed by atoms with Crippen LogP contribution in [0, 0.1) is 0 Å². The standard InChI is InChI=1S/C6H7BBrNO3/c1-12-6-3-4(7(10)11)2-5(8)9-6/h2-3,10-11H,1H3. The molecule has 1 aromatic heterocycles. The lowest BCUT2D eigenvalue weighted by molar-refractivity contribution is 0.395. The average Bonchev–Trinajstić information content (AvgIpc) is 2.03. The van der Waals surface area contributed by atoms with E-state index in [-0.39, 0.29) is 0 Å². The number of hydrogen-bond acceptors (Lipinski definition) is 4. The summed E-state index contributed by atoms with van der Waals surface area (Å²) in [5.41, 5.74) is 0.341. The molecule has 0 saturated carbocycles. The van der Waals surface area contributed by atoms with Gasteiger partial charge >= 0.3 is 7.12 Å². The molecule has 64 valence electrons. The van der Waals surface area contributed by atoms with Crippen LogP contribution in [0.2, 0.25) is 0 Å². The molecule has 0 amide bonds. The molecule has 0 spiro atoms. The van der Waals surface area contributed by atoms with Crippen molar-refractivity contribution >= 4 is 28.5 Å². The van der Waals surface area contributed by atoms with Crippen molar-refractivity contribution in [2.75, 3.05) is 7.11 Å². The van der Waals surface area contributed by atoms with Gasteiger partial charge in [-0.05, 0) is 27.5 Å². The Morgan fingerprint density at radius 2 is 2.17 bits per heavy atom. The third-order valence-electron chi connectivity index (χ3n) is 1.30. The van der Waals surface area contributed by atoms with Crippen LogP contribution in [0.4, 0.5) is 0 Å². The zero-order valence-corrected chi connectivity index (χ0v) is 7.95. The largest absolute Gasteiger partial charge is 0.488 e. The number of rotatable bonds is 2. The molecule has 0 unspecified atom stereocenters. The third kappa shape index (κ3) is 2.20. The van der Waals surface area contributed by atoms with Crippen molar-refractivity contribution in [1.82, 2.24) is 4.98 Å². The minimum atomic E-state index is -1.50. The molecule has 12 heavy (non-hydrogen) atoms. The van der Waals surface area contributed by atoms with E-state index in [1.165, 1.54) is 19.2 Å². The number of methoxy groups -OCH3 is 1. The van der Waals surface area contributed by atoms with Crippen LogP contribution in [-0.2, 0) is 0 Å². The van der Waals surface area contributed by atoms with Crippen LogP contribution in [0.15, 0.2) is 16.7 Å². The van der Waals surface area contributed by atoms with Crippen molar-refractivity contribution in [2.24, 2.45) is 0 Å². The maximum Gasteiger partial charge on any atom is 0.488 e. The van der Waals surface area contributed by atoms with Gasteiger partial charge < -0.3 is 14.8 Å². The Bertz CT molecular complexity index is 281. The van der Waals surface area contributed by atoms with E-state index in [0.717, 1.165) is 0 Å². The molecule has 0 aliphatic heterocycles. The number of aromatic nitrogens is 1. The van der Waals surface area contributed by atoms with E-state index in [0.29, 0.717) is 15.9 Å². The van der Waals surface area contributed by atoms with E-state index in [4.69, 9.17) is 14.8 Å². The van der Waals surface area contributed by atoms with Crippen molar-refractivity contribution in [2.45, 2.75) is 0 Å². The third-order valence-corrected chi connectivity index (χ3v) is 1.71. The molecule has 4 nitrogen and oxygen atoms in total. The minimum Gasteiger partial charge on any atom is -0.481 e. The second-order valence-corrected chi connectivity index (χ2v) is 2.95. The molecule has 0 saturated heterocycles. The van der Waals surface area contributed by atoms with Crippen LogP contribution in [0.5, 0.6) is 5.88 Å². The average molecular weight is 232 g/mol. The van der Waals surface area contributed by atoms with E-state index in [1.54, 1.807) is 0 Å². The van der Waals surface area contributed by atoms with Crippen molar-refractivity contribution in [3.05, 3.63) is 16.7 Å². The van der Waals surface area contributed by atoms with Crippen molar-refractivity contribution < 1.29 is 14.8 Å². The fourth-order valence-electron chi connectivity index (χ4n) is 0.745. The highest BCUT2D eigenvalue weighted by molar-refractivity contribution is 9.10. The first-order chi connectivity index (χ1) is 5.63. The topological polar surface area (TPSA) is 62.6 Å². The summed E-state index contributed by atoms with van der Waals surface area (Å²) in [6, 6.07) is 2.96. The molecule has 1 aromatic rings. The number of pyridine rings is 1. The van der Waals surface area contributed by atoms with Gasteiger partial charge in [-0.3, -0.25) is 0 Å². The zero-order valence-electron chi connectivity index (χ0n) is 6.36. The van der Waals surface area contributed by atoms with E-state index < -0.39 is 7.12 Å².